The van der Waals surface area contributed by atoms with Crippen LogP contribution in [0.4, 0.5) is 0 Å². The molecule has 28 heavy (non-hydrogen) atoms. The fraction of sp³-hybridized carbons (Fsp3) is 0.381. The van der Waals surface area contributed by atoms with E-state index in [1.165, 1.54) is 5.56 Å². The largest absolute Gasteiger partial charge is 0.493 e. The van der Waals surface area contributed by atoms with Crippen LogP contribution in [0.2, 0.25) is 5.02 Å². The number of halogens is 1. The summed E-state index contributed by atoms with van der Waals surface area (Å²) in [4.78, 5) is 14.2. The Morgan fingerprint density at radius 2 is 1.93 bits per heavy atom. The first-order chi connectivity index (χ1) is 13.6. The summed E-state index contributed by atoms with van der Waals surface area (Å²) in [6.45, 7) is 2.57. The molecule has 1 amide bonds. The highest BCUT2D eigenvalue weighted by molar-refractivity contribution is 6.31. The molecule has 0 bridgehead atoms. The van der Waals surface area contributed by atoms with Crippen LogP contribution in [0.3, 0.4) is 0 Å². The van der Waals surface area contributed by atoms with Gasteiger partial charge in [0.05, 0.1) is 19.8 Å². The van der Waals surface area contributed by atoms with Gasteiger partial charge in [0.2, 0.25) is 0 Å². The van der Waals surface area contributed by atoms with Gasteiger partial charge in [0.15, 0.2) is 18.2 Å². The Labute approximate surface area is 170 Å². The van der Waals surface area contributed by atoms with E-state index in [-0.39, 0.29) is 12.6 Å². The minimum atomic E-state index is -0.0333. The van der Waals surface area contributed by atoms with Crippen LogP contribution in [-0.2, 0) is 6.42 Å². The minimum Gasteiger partial charge on any atom is -0.493 e. The average molecular weight is 405 g/mol. The smallest absolute Gasteiger partial charge is 0.260 e. The summed E-state index contributed by atoms with van der Waals surface area (Å²) >= 11 is 5.99. The standard InChI is InChI=1S/C21H25ClN2O4/c1-26-19-6-4-15(12-20(19)27-2)8-10-23-9-3-11-24-14-28-18-7-5-16(22)13-17(18)21(24)25/h4-7,12-13,23H,3,8-11,14H2,1-2H3. The molecule has 0 fully saturated rings. The summed E-state index contributed by atoms with van der Waals surface area (Å²) in [5, 5.41) is 3.95. The molecule has 1 heterocycles. The molecule has 2 aromatic rings. The molecule has 1 aliphatic heterocycles. The summed E-state index contributed by atoms with van der Waals surface area (Å²) < 4.78 is 16.2. The molecule has 0 atom stereocenters. The van der Waals surface area contributed by atoms with Gasteiger partial charge in [-0.2, -0.15) is 0 Å². The molecule has 0 unspecified atom stereocenters. The molecule has 0 aliphatic carbocycles. The Balaban J connectivity index is 1.39. The van der Waals surface area contributed by atoms with E-state index in [2.05, 4.69) is 5.32 Å². The number of methoxy groups -OCH3 is 2. The van der Waals surface area contributed by atoms with E-state index in [1.807, 2.05) is 18.2 Å². The van der Waals surface area contributed by atoms with Crippen LogP contribution in [0.1, 0.15) is 22.3 Å². The minimum absolute atomic E-state index is 0.0333. The van der Waals surface area contributed by atoms with Gasteiger partial charge in [-0.25, -0.2) is 0 Å². The van der Waals surface area contributed by atoms with Crippen LogP contribution < -0.4 is 19.5 Å². The van der Waals surface area contributed by atoms with Gasteiger partial charge >= 0.3 is 0 Å². The third kappa shape index (κ3) is 4.88. The highest BCUT2D eigenvalue weighted by Gasteiger charge is 2.25. The zero-order chi connectivity index (χ0) is 19.9. The van der Waals surface area contributed by atoms with Crippen molar-refractivity contribution in [1.29, 1.82) is 0 Å². The maximum absolute atomic E-state index is 12.5. The zero-order valence-electron chi connectivity index (χ0n) is 16.2. The molecular weight excluding hydrogens is 380 g/mol. The lowest BCUT2D eigenvalue weighted by Crippen LogP contribution is -2.40. The Bertz CT molecular complexity index is 828. The number of benzene rings is 2. The van der Waals surface area contributed by atoms with E-state index in [4.69, 9.17) is 25.8 Å². The van der Waals surface area contributed by atoms with Crippen molar-refractivity contribution in [3.63, 3.8) is 0 Å². The van der Waals surface area contributed by atoms with Crippen LogP contribution in [-0.4, -0.2) is 51.4 Å². The third-order valence-electron chi connectivity index (χ3n) is 4.66. The summed E-state index contributed by atoms with van der Waals surface area (Å²) in [6.07, 6.45) is 1.73. The number of hydrogen-bond acceptors (Lipinski definition) is 5. The number of nitrogens with zero attached hydrogens (tertiary/aromatic N) is 1. The Morgan fingerprint density at radius 3 is 2.71 bits per heavy atom. The molecule has 7 heteroatoms. The molecule has 0 saturated carbocycles. The van der Waals surface area contributed by atoms with Gasteiger partial charge in [-0.1, -0.05) is 17.7 Å². The van der Waals surface area contributed by atoms with Crippen LogP contribution in [0, 0.1) is 0 Å². The summed E-state index contributed by atoms with van der Waals surface area (Å²) in [6, 6.07) is 11.1. The first-order valence-corrected chi connectivity index (χ1v) is 9.63. The van der Waals surface area contributed by atoms with E-state index < -0.39 is 0 Å². The lowest BCUT2D eigenvalue weighted by molar-refractivity contribution is 0.0519. The van der Waals surface area contributed by atoms with Crippen LogP contribution >= 0.6 is 11.6 Å². The van der Waals surface area contributed by atoms with Crippen molar-refractivity contribution in [2.45, 2.75) is 12.8 Å². The van der Waals surface area contributed by atoms with Crippen molar-refractivity contribution in [3.8, 4) is 17.2 Å². The molecule has 1 N–H and O–H groups in total. The van der Waals surface area contributed by atoms with Gasteiger partial charge < -0.3 is 24.4 Å². The number of fused-ring (bicyclic) bond motifs is 1. The van der Waals surface area contributed by atoms with Gasteiger partial charge in [-0.15, -0.1) is 0 Å². The van der Waals surface area contributed by atoms with E-state index >= 15 is 0 Å². The highest BCUT2D eigenvalue weighted by atomic mass is 35.5. The van der Waals surface area contributed by atoms with Gasteiger partial charge in [-0.3, -0.25) is 4.79 Å². The van der Waals surface area contributed by atoms with Crippen LogP contribution in [0.5, 0.6) is 17.2 Å². The average Bonchev–Trinajstić information content (AvgIpc) is 2.72. The van der Waals surface area contributed by atoms with Crippen LogP contribution in [0.15, 0.2) is 36.4 Å². The highest BCUT2D eigenvalue weighted by Crippen LogP contribution is 2.28. The molecule has 0 radical (unpaired) electrons. The van der Waals surface area contributed by atoms with Gasteiger partial charge in [0, 0.05) is 11.6 Å². The second-order valence-corrected chi connectivity index (χ2v) is 6.96. The second-order valence-electron chi connectivity index (χ2n) is 6.53. The quantitative estimate of drug-likeness (QED) is 0.649. The van der Waals surface area contributed by atoms with Crippen molar-refractivity contribution in [3.05, 3.63) is 52.5 Å². The Kier molecular flexibility index (Phi) is 7.01. The maximum Gasteiger partial charge on any atom is 0.260 e. The molecule has 0 saturated heterocycles. The molecule has 150 valence electrons. The van der Waals surface area contributed by atoms with Crippen molar-refractivity contribution in [2.24, 2.45) is 0 Å². The maximum atomic E-state index is 12.5. The number of amides is 1. The number of carbonyl (C=O) groups is 1. The van der Waals surface area contributed by atoms with E-state index in [9.17, 15) is 4.79 Å². The van der Waals surface area contributed by atoms with Crippen molar-refractivity contribution in [2.75, 3.05) is 40.6 Å². The predicted octanol–water partition coefficient (Wildman–Crippen LogP) is 3.37. The monoisotopic (exact) mass is 404 g/mol. The normalized spacial score (nSPS) is 13.1. The van der Waals surface area contributed by atoms with E-state index in [0.717, 1.165) is 37.4 Å². The lowest BCUT2D eigenvalue weighted by Gasteiger charge is -2.28. The molecule has 0 spiro atoms. The number of hydrogen-bond donors (Lipinski definition) is 1. The molecule has 1 aliphatic rings. The fourth-order valence-corrected chi connectivity index (χ4v) is 3.30. The second kappa shape index (κ2) is 9.66. The van der Waals surface area contributed by atoms with Gasteiger partial charge in [0.25, 0.3) is 5.91 Å². The zero-order valence-corrected chi connectivity index (χ0v) is 16.9. The van der Waals surface area contributed by atoms with Crippen molar-refractivity contribution < 1.29 is 19.0 Å². The molecular formula is C21H25ClN2O4. The molecule has 2 aromatic carbocycles. The molecule has 0 aromatic heterocycles. The SMILES string of the molecule is COc1ccc(CCNCCCN2COc3ccc(Cl)cc3C2=O)cc1OC. The topological polar surface area (TPSA) is 60.0 Å². The van der Waals surface area contributed by atoms with Gasteiger partial charge in [-0.05, 0) is 61.8 Å². The first kappa shape index (κ1) is 20.3. The Hall–Kier alpha value is -2.44. The Morgan fingerprint density at radius 1 is 1.11 bits per heavy atom. The summed E-state index contributed by atoms with van der Waals surface area (Å²) in [5.41, 5.74) is 1.71. The lowest BCUT2D eigenvalue weighted by atomic mass is 10.1. The summed E-state index contributed by atoms with van der Waals surface area (Å²) in [7, 11) is 3.27. The third-order valence-corrected chi connectivity index (χ3v) is 4.89. The van der Waals surface area contributed by atoms with Crippen molar-refractivity contribution in [1.82, 2.24) is 10.2 Å². The first-order valence-electron chi connectivity index (χ1n) is 9.25. The van der Waals surface area contributed by atoms with Gasteiger partial charge in [0.1, 0.15) is 5.75 Å². The number of ether oxygens (including phenoxy) is 3. The van der Waals surface area contributed by atoms with Crippen LogP contribution in [0.25, 0.3) is 0 Å². The number of carbonyl (C=O) groups excluding carboxylic acids is 1. The predicted molar refractivity (Wildman–Crippen MR) is 109 cm³/mol. The van der Waals surface area contributed by atoms with E-state index in [0.29, 0.717) is 22.9 Å². The van der Waals surface area contributed by atoms with E-state index in [1.54, 1.807) is 37.3 Å². The molecule has 3 rings (SSSR count). The summed E-state index contributed by atoms with van der Waals surface area (Å²) in [5.74, 6) is 2.03. The molecule has 6 nitrogen and oxygen atoms in total. The number of nitrogens with one attached hydrogen (secondary N) is 1. The van der Waals surface area contributed by atoms with Crippen molar-refractivity contribution >= 4 is 17.5 Å². The number of rotatable bonds is 9. The fourth-order valence-electron chi connectivity index (χ4n) is 3.13.